The first-order valence-electron chi connectivity index (χ1n) is 5.50. The van der Waals surface area contributed by atoms with E-state index >= 15 is 0 Å². The number of hydrogen-bond acceptors (Lipinski definition) is 2. The van der Waals surface area contributed by atoms with Crippen LogP contribution >= 0.6 is 0 Å². The molecule has 0 radical (unpaired) electrons. The van der Waals surface area contributed by atoms with Crippen molar-refractivity contribution in [2.24, 2.45) is 12.0 Å². The summed E-state index contributed by atoms with van der Waals surface area (Å²) >= 11 is 0. The lowest BCUT2D eigenvalue weighted by molar-refractivity contribution is 0.300. The van der Waals surface area contributed by atoms with Crippen LogP contribution < -0.4 is 10.6 Å². The summed E-state index contributed by atoms with van der Waals surface area (Å²) in [5.41, 5.74) is 1.17. The fourth-order valence-corrected chi connectivity index (χ4v) is 1.34. The molecule has 1 rings (SSSR count). The Morgan fingerprint density at radius 3 is 2.88 bits per heavy atom. The van der Waals surface area contributed by atoms with Gasteiger partial charge < -0.3 is 20.3 Å². The van der Waals surface area contributed by atoms with Gasteiger partial charge >= 0.3 is 0 Å². The molecular weight excluding hydrogens is 204 g/mol. The molecule has 0 bridgehead atoms. The third-order valence-corrected chi connectivity index (χ3v) is 2.06. The normalized spacial score (nSPS) is 11.6. The zero-order chi connectivity index (χ0) is 11.8. The molecule has 0 aliphatic rings. The third kappa shape index (κ3) is 4.35. The topological polar surface area (TPSA) is 61.6 Å². The fraction of sp³-hybridized carbons (Fsp3) is 0.545. The van der Waals surface area contributed by atoms with Gasteiger partial charge in [0, 0.05) is 32.5 Å². The summed E-state index contributed by atoms with van der Waals surface area (Å²) in [5, 5.41) is 14.9. The van der Waals surface area contributed by atoms with Crippen LogP contribution in [0.15, 0.2) is 23.5 Å². The first kappa shape index (κ1) is 12.6. The number of nitrogens with one attached hydrogen (secondary N) is 2. The van der Waals surface area contributed by atoms with Crippen LogP contribution in [0.1, 0.15) is 12.5 Å². The van der Waals surface area contributed by atoms with Gasteiger partial charge in [-0.1, -0.05) is 0 Å². The van der Waals surface area contributed by atoms with Gasteiger partial charge in [-0.2, -0.15) is 0 Å². The highest BCUT2D eigenvalue weighted by molar-refractivity contribution is 5.79. The number of aliphatic hydroxyl groups excluding tert-OH is 1. The number of aryl methyl sites for hydroxylation is 1. The van der Waals surface area contributed by atoms with Crippen molar-refractivity contribution >= 4 is 5.96 Å². The maximum atomic E-state index is 8.72. The monoisotopic (exact) mass is 224 g/mol. The molecule has 0 saturated carbocycles. The Hall–Kier alpha value is -1.49. The highest BCUT2D eigenvalue weighted by Gasteiger charge is 1.97. The van der Waals surface area contributed by atoms with Crippen LogP contribution in [0.3, 0.4) is 0 Å². The van der Waals surface area contributed by atoms with Gasteiger partial charge in [-0.25, -0.2) is 4.99 Å². The molecule has 0 fully saturated rings. The van der Waals surface area contributed by atoms with E-state index in [1.165, 1.54) is 5.56 Å². The lowest BCUT2D eigenvalue weighted by Crippen LogP contribution is -2.38. The molecule has 0 aromatic carbocycles. The molecule has 1 aromatic heterocycles. The Balaban J connectivity index is 2.49. The Labute approximate surface area is 96.2 Å². The summed E-state index contributed by atoms with van der Waals surface area (Å²) in [7, 11) is 1.99. The van der Waals surface area contributed by atoms with Crippen molar-refractivity contribution in [2.75, 3.05) is 19.7 Å². The Kier molecular flexibility index (Phi) is 5.42. The first-order chi connectivity index (χ1) is 7.76. The third-order valence-electron chi connectivity index (χ3n) is 2.06. The highest BCUT2D eigenvalue weighted by Crippen LogP contribution is 2.00. The van der Waals surface area contributed by atoms with Gasteiger partial charge in [-0.05, 0) is 18.6 Å². The van der Waals surface area contributed by atoms with Crippen LogP contribution in [0.4, 0.5) is 0 Å². The van der Waals surface area contributed by atoms with Crippen molar-refractivity contribution in [3.63, 3.8) is 0 Å². The largest absolute Gasteiger partial charge is 0.395 e. The minimum absolute atomic E-state index is 0.107. The summed E-state index contributed by atoms with van der Waals surface area (Å²) in [6.07, 6.45) is 4.04. The minimum Gasteiger partial charge on any atom is -0.395 e. The van der Waals surface area contributed by atoms with E-state index in [1.807, 2.05) is 37.0 Å². The predicted octanol–water partition coefficient (Wildman–Crippen LogP) is 0.0725. The van der Waals surface area contributed by atoms with E-state index in [1.54, 1.807) is 0 Å². The van der Waals surface area contributed by atoms with E-state index in [2.05, 4.69) is 15.6 Å². The lowest BCUT2D eigenvalue weighted by Gasteiger charge is -2.09. The van der Waals surface area contributed by atoms with Gasteiger partial charge in [0.15, 0.2) is 5.96 Å². The van der Waals surface area contributed by atoms with E-state index in [4.69, 9.17) is 5.11 Å². The molecule has 5 nitrogen and oxygen atoms in total. The molecule has 5 heteroatoms. The van der Waals surface area contributed by atoms with Gasteiger partial charge in [-0.15, -0.1) is 0 Å². The number of hydrogen-bond donors (Lipinski definition) is 3. The average molecular weight is 224 g/mol. The zero-order valence-corrected chi connectivity index (χ0v) is 9.90. The number of aromatic nitrogens is 1. The molecule has 0 amide bonds. The number of rotatable bonds is 5. The molecule has 0 saturated heterocycles. The Morgan fingerprint density at radius 2 is 2.31 bits per heavy atom. The summed E-state index contributed by atoms with van der Waals surface area (Å²) in [6.45, 7) is 4.09. The Bertz CT molecular complexity index is 332. The quantitative estimate of drug-likeness (QED) is 0.490. The van der Waals surface area contributed by atoms with E-state index < -0.39 is 0 Å². The van der Waals surface area contributed by atoms with Crippen LogP contribution in [-0.4, -0.2) is 35.3 Å². The van der Waals surface area contributed by atoms with E-state index in [9.17, 15) is 0 Å². The molecule has 90 valence electrons. The number of aliphatic hydroxyl groups is 1. The maximum Gasteiger partial charge on any atom is 0.191 e. The molecule has 0 atom stereocenters. The van der Waals surface area contributed by atoms with Crippen molar-refractivity contribution in [1.29, 1.82) is 0 Å². The molecular formula is C11H20N4O. The molecule has 1 heterocycles. The second-order valence-corrected chi connectivity index (χ2v) is 3.53. The van der Waals surface area contributed by atoms with E-state index in [0.29, 0.717) is 13.1 Å². The van der Waals surface area contributed by atoms with Crippen LogP contribution in [0.2, 0.25) is 0 Å². The van der Waals surface area contributed by atoms with Crippen molar-refractivity contribution in [1.82, 2.24) is 15.2 Å². The molecule has 1 aromatic rings. The summed E-state index contributed by atoms with van der Waals surface area (Å²) in [5.74, 6) is 0.736. The lowest BCUT2D eigenvalue weighted by atomic mass is 10.3. The molecule has 3 N–H and O–H groups in total. The van der Waals surface area contributed by atoms with Crippen LogP contribution in [-0.2, 0) is 13.6 Å². The van der Waals surface area contributed by atoms with Gasteiger partial charge in [0.05, 0.1) is 13.2 Å². The summed E-state index contributed by atoms with van der Waals surface area (Å²) in [4.78, 5) is 4.40. The van der Waals surface area contributed by atoms with Gasteiger partial charge in [0.1, 0.15) is 0 Å². The minimum atomic E-state index is 0.107. The van der Waals surface area contributed by atoms with Gasteiger partial charge in [0.25, 0.3) is 0 Å². The van der Waals surface area contributed by atoms with E-state index in [0.717, 1.165) is 12.5 Å². The molecule has 0 aliphatic carbocycles. The molecule has 0 aliphatic heterocycles. The second kappa shape index (κ2) is 6.90. The summed E-state index contributed by atoms with van der Waals surface area (Å²) < 4.78 is 2.00. The van der Waals surface area contributed by atoms with Crippen LogP contribution in [0, 0.1) is 0 Å². The fourth-order valence-electron chi connectivity index (χ4n) is 1.34. The average Bonchev–Trinajstić information content (AvgIpc) is 2.68. The van der Waals surface area contributed by atoms with Crippen molar-refractivity contribution in [2.45, 2.75) is 13.5 Å². The summed E-state index contributed by atoms with van der Waals surface area (Å²) in [6, 6.07) is 2.04. The SMILES string of the molecule is CCNC(=NCc1ccn(C)c1)NCCO. The van der Waals surface area contributed by atoms with Gasteiger partial charge in [-0.3, -0.25) is 0 Å². The second-order valence-electron chi connectivity index (χ2n) is 3.53. The van der Waals surface area contributed by atoms with Gasteiger partial charge in [0.2, 0.25) is 0 Å². The van der Waals surface area contributed by atoms with Crippen molar-refractivity contribution in [3.05, 3.63) is 24.0 Å². The van der Waals surface area contributed by atoms with Crippen molar-refractivity contribution < 1.29 is 5.11 Å². The maximum absolute atomic E-state index is 8.72. The van der Waals surface area contributed by atoms with E-state index in [-0.39, 0.29) is 6.61 Å². The predicted molar refractivity (Wildman–Crippen MR) is 65.3 cm³/mol. The molecule has 0 unspecified atom stereocenters. The van der Waals surface area contributed by atoms with Crippen molar-refractivity contribution in [3.8, 4) is 0 Å². The van der Waals surface area contributed by atoms with Crippen LogP contribution in [0.5, 0.6) is 0 Å². The number of aliphatic imine (C=N–C) groups is 1. The standard InChI is InChI=1S/C11H20N4O/c1-3-12-11(13-5-7-16)14-8-10-4-6-15(2)9-10/h4,6,9,16H,3,5,7-8H2,1-2H3,(H2,12,13,14). The highest BCUT2D eigenvalue weighted by atomic mass is 16.3. The van der Waals surface area contributed by atoms with Crippen LogP contribution in [0.25, 0.3) is 0 Å². The molecule has 0 spiro atoms. The number of nitrogens with zero attached hydrogens (tertiary/aromatic N) is 2. The zero-order valence-electron chi connectivity index (χ0n) is 9.90. The number of guanidine groups is 1. The Morgan fingerprint density at radius 1 is 1.50 bits per heavy atom. The first-order valence-corrected chi connectivity index (χ1v) is 5.50. The molecule has 16 heavy (non-hydrogen) atoms. The smallest absolute Gasteiger partial charge is 0.191 e.